The summed E-state index contributed by atoms with van der Waals surface area (Å²) in [5.74, 6) is 0. The SMILES string of the molecule is Nc1ccc(C(c2ccccc2N)(C(F)(F)F)C(F)(F)F)c(N)c1. The van der Waals surface area contributed by atoms with Crippen LogP contribution in [-0.2, 0) is 5.41 Å². The lowest BCUT2D eigenvalue weighted by Crippen LogP contribution is -2.55. The molecule has 24 heavy (non-hydrogen) atoms. The van der Waals surface area contributed by atoms with Crippen molar-refractivity contribution in [3.05, 3.63) is 53.6 Å². The van der Waals surface area contributed by atoms with Crippen molar-refractivity contribution in [1.29, 1.82) is 0 Å². The maximum absolute atomic E-state index is 13.8. The van der Waals surface area contributed by atoms with Crippen molar-refractivity contribution >= 4 is 17.1 Å². The van der Waals surface area contributed by atoms with Crippen molar-refractivity contribution in [3.63, 3.8) is 0 Å². The van der Waals surface area contributed by atoms with Gasteiger partial charge in [0, 0.05) is 28.2 Å². The first-order valence-electron chi connectivity index (χ1n) is 6.57. The van der Waals surface area contributed by atoms with E-state index in [1.165, 1.54) is 6.07 Å². The normalized spacial score (nSPS) is 13.1. The molecule has 2 aromatic carbocycles. The molecule has 2 aromatic rings. The molecule has 0 atom stereocenters. The first-order chi connectivity index (χ1) is 10.9. The fourth-order valence-electron chi connectivity index (χ4n) is 2.68. The Morgan fingerprint density at radius 1 is 0.625 bits per heavy atom. The van der Waals surface area contributed by atoms with Crippen LogP contribution in [0.5, 0.6) is 0 Å². The summed E-state index contributed by atoms with van der Waals surface area (Å²) >= 11 is 0. The predicted molar refractivity (Wildman–Crippen MR) is 79.0 cm³/mol. The minimum absolute atomic E-state index is 0.0597. The van der Waals surface area contributed by atoms with E-state index in [0.29, 0.717) is 12.1 Å². The van der Waals surface area contributed by atoms with E-state index in [-0.39, 0.29) is 5.69 Å². The van der Waals surface area contributed by atoms with Crippen molar-refractivity contribution in [2.24, 2.45) is 0 Å². The van der Waals surface area contributed by atoms with Crippen molar-refractivity contribution in [2.75, 3.05) is 17.2 Å². The van der Waals surface area contributed by atoms with Gasteiger partial charge in [-0.1, -0.05) is 24.3 Å². The van der Waals surface area contributed by atoms with E-state index in [1.54, 1.807) is 0 Å². The highest BCUT2D eigenvalue weighted by molar-refractivity contribution is 5.66. The van der Waals surface area contributed by atoms with E-state index in [4.69, 9.17) is 17.2 Å². The van der Waals surface area contributed by atoms with Crippen molar-refractivity contribution in [3.8, 4) is 0 Å². The fraction of sp³-hybridized carbons (Fsp3) is 0.200. The molecule has 2 rings (SSSR count). The summed E-state index contributed by atoms with van der Waals surface area (Å²) in [4.78, 5) is 0. The number of nitrogen functional groups attached to an aromatic ring is 3. The number of nitrogens with two attached hydrogens (primary N) is 3. The highest BCUT2D eigenvalue weighted by Crippen LogP contribution is 2.58. The first kappa shape index (κ1) is 17.8. The van der Waals surface area contributed by atoms with E-state index < -0.39 is 40.3 Å². The number of anilines is 3. The van der Waals surface area contributed by atoms with Gasteiger partial charge in [0.25, 0.3) is 0 Å². The highest BCUT2D eigenvalue weighted by Gasteiger charge is 2.73. The number of benzene rings is 2. The van der Waals surface area contributed by atoms with Gasteiger partial charge in [-0.15, -0.1) is 0 Å². The minimum atomic E-state index is -5.75. The summed E-state index contributed by atoms with van der Waals surface area (Å²) in [6.45, 7) is 0. The number of halogens is 6. The van der Waals surface area contributed by atoms with Crippen LogP contribution in [0, 0.1) is 0 Å². The molecule has 0 radical (unpaired) electrons. The Morgan fingerprint density at radius 2 is 1.12 bits per heavy atom. The molecule has 0 aliphatic rings. The number of para-hydroxylation sites is 1. The zero-order valence-corrected chi connectivity index (χ0v) is 12.0. The third-order valence-electron chi connectivity index (χ3n) is 3.69. The van der Waals surface area contributed by atoms with Gasteiger partial charge in [-0.2, -0.15) is 26.3 Å². The lowest BCUT2D eigenvalue weighted by atomic mass is 9.71. The van der Waals surface area contributed by atoms with Crippen LogP contribution in [0.25, 0.3) is 0 Å². The summed E-state index contributed by atoms with van der Waals surface area (Å²) in [5.41, 5.74) is 8.19. The molecular weight excluding hydrogens is 336 g/mol. The van der Waals surface area contributed by atoms with E-state index in [9.17, 15) is 26.3 Å². The molecule has 9 heteroatoms. The third-order valence-corrected chi connectivity index (χ3v) is 3.69. The zero-order chi connectivity index (χ0) is 18.3. The maximum Gasteiger partial charge on any atom is 0.411 e. The number of hydrogen-bond acceptors (Lipinski definition) is 3. The highest BCUT2D eigenvalue weighted by atomic mass is 19.4. The molecule has 0 aromatic heterocycles. The second-order valence-corrected chi connectivity index (χ2v) is 5.18. The van der Waals surface area contributed by atoms with Gasteiger partial charge in [0.05, 0.1) is 0 Å². The van der Waals surface area contributed by atoms with Gasteiger partial charge in [-0.05, 0) is 18.2 Å². The van der Waals surface area contributed by atoms with E-state index >= 15 is 0 Å². The fourth-order valence-corrected chi connectivity index (χ4v) is 2.68. The van der Waals surface area contributed by atoms with Gasteiger partial charge < -0.3 is 17.2 Å². The van der Waals surface area contributed by atoms with Gasteiger partial charge in [0.15, 0.2) is 0 Å². The van der Waals surface area contributed by atoms with Crippen LogP contribution in [0.15, 0.2) is 42.5 Å². The smallest absolute Gasteiger partial charge is 0.399 e. The summed E-state index contributed by atoms with van der Waals surface area (Å²) < 4.78 is 83.0. The molecule has 0 heterocycles. The molecule has 0 spiro atoms. The molecule has 0 aliphatic carbocycles. The quantitative estimate of drug-likeness (QED) is 0.569. The van der Waals surface area contributed by atoms with Crippen LogP contribution in [0.1, 0.15) is 11.1 Å². The lowest BCUT2D eigenvalue weighted by Gasteiger charge is -2.39. The molecule has 0 saturated heterocycles. The molecule has 0 saturated carbocycles. The Balaban J connectivity index is 3.01. The molecular formula is C15H13F6N3. The molecule has 0 bridgehead atoms. The van der Waals surface area contributed by atoms with Crippen LogP contribution >= 0.6 is 0 Å². The Labute approximate surface area is 133 Å². The average molecular weight is 349 g/mol. The van der Waals surface area contributed by atoms with Crippen LogP contribution in [0.2, 0.25) is 0 Å². The average Bonchev–Trinajstić information content (AvgIpc) is 2.40. The molecule has 0 amide bonds. The Morgan fingerprint density at radius 3 is 1.58 bits per heavy atom. The summed E-state index contributed by atoms with van der Waals surface area (Å²) in [6, 6.07) is 6.34. The number of alkyl halides is 6. The van der Waals surface area contributed by atoms with Gasteiger partial charge in [0.1, 0.15) is 0 Å². The van der Waals surface area contributed by atoms with Gasteiger partial charge >= 0.3 is 12.4 Å². The Kier molecular flexibility index (Phi) is 4.07. The molecule has 3 nitrogen and oxygen atoms in total. The summed E-state index contributed by atoms with van der Waals surface area (Å²) in [7, 11) is 0. The van der Waals surface area contributed by atoms with Crippen LogP contribution in [0.3, 0.4) is 0 Å². The second-order valence-electron chi connectivity index (χ2n) is 5.18. The van der Waals surface area contributed by atoms with Gasteiger partial charge in [-0.3, -0.25) is 0 Å². The van der Waals surface area contributed by atoms with E-state index in [0.717, 1.165) is 24.3 Å². The summed E-state index contributed by atoms with van der Waals surface area (Å²) in [6.07, 6.45) is -11.5. The topological polar surface area (TPSA) is 78.1 Å². The molecule has 0 unspecified atom stereocenters. The zero-order valence-electron chi connectivity index (χ0n) is 12.0. The predicted octanol–water partition coefficient (Wildman–Crippen LogP) is 3.84. The monoisotopic (exact) mass is 349 g/mol. The van der Waals surface area contributed by atoms with E-state index in [1.807, 2.05) is 0 Å². The molecule has 6 N–H and O–H groups in total. The van der Waals surface area contributed by atoms with Crippen LogP contribution in [0.4, 0.5) is 43.4 Å². The Bertz CT molecular complexity index is 738. The molecule has 130 valence electrons. The summed E-state index contributed by atoms with van der Waals surface area (Å²) in [5, 5.41) is 0. The first-order valence-corrected chi connectivity index (χ1v) is 6.57. The van der Waals surface area contributed by atoms with E-state index in [2.05, 4.69) is 0 Å². The second kappa shape index (κ2) is 5.50. The Hall–Kier alpha value is -2.58. The standard InChI is InChI=1S/C15H13F6N3/c16-14(17,18)13(15(19,20)21,9-3-1-2-4-11(9)23)10-6-5-8(22)7-12(10)24/h1-7H,22-24H2. The van der Waals surface area contributed by atoms with Crippen LogP contribution in [-0.4, -0.2) is 12.4 Å². The van der Waals surface area contributed by atoms with Gasteiger partial charge in [-0.25, -0.2) is 0 Å². The maximum atomic E-state index is 13.8. The third kappa shape index (κ3) is 2.49. The minimum Gasteiger partial charge on any atom is -0.399 e. The number of rotatable bonds is 2. The van der Waals surface area contributed by atoms with Crippen molar-refractivity contribution in [2.45, 2.75) is 17.8 Å². The van der Waals surface area contributed by atoms with Crippen molar-refractivity contribution in [1.82, 2.24) is 0 Å². The van der Waals surface area contributed by atoms with Crippen LogP contribution < -0.4 is 17.2 Å². The molecule has 0 aliphatic heterocycles. The number of hydrogen-bond donors (Lipinski definition) is 3. The largest absolute Gasteiger partial charge is 0.411 e. The molecule has 0 fully saturated rings. The lowest BCUT2D eigenvalue weighted by molar-refractivity contribution is -0.288. The van der Waals surface area contributed by atoms with Crippen molar-refractivity contribution < 1.29 is 26.3 Å². The van der Waals surface area contributed by atoms with Gasteiger partial charge in [0.2, 0.25) is 5.41 Å².